The summed E-state index contributed by atoms with van der Waals surface area (Å²) in [6.07, 6.45) is 0. The summed E-state index contributed by atoms with van der Waals surface area (Å²) in [6.45, 7) is 0.0517. The van der Waals surface area contributed by atoms with Crippen LogP contribution in [0.15, 0.2) is 35.7 Å². The normalized spacial score (nSPS) is 16.7. The van der Waals surface area contributed by atoms with Gasteiger partial charge in [0.1, 0.15) is 23.1 Å². The van der Waals surface area contributed by atoms with E-state index in [2.05, 4.69) is 6.07 Å². The van der Waals surface area contributed by atoms with Crippen molar-refractivity contribution in [2.24, 2.45) is 5.73 Å². The van der Waals surface area contributed by atoms with Gasteiger partial charge in [0.05, 0.1) is 27.2 Å². The van der Waals surface area contributed by atoms with Gasteiger partial charge in [-0.3, -0.25) is 0 Å². The predicted octanol–water partition coefficient (Wildman–Crippen LogP) is 2.66. The lowest BCUT2D eigenvalue weighted by molar-refractivity contribution is 0.168. The Labute approximate surface area is 161 Å². The van der Waals surface area contributed by atoms with Gasteiger partial charge in [-0.05, 0) is 12.1 Å². The number of nitrogens with two attached hydrogens (primary N) is 1. The maximum Gasteiger partial charge on any atom is 0.231 e. The quantitative estimate of drug-likeness (QED) is 0.860. The minimum absolute atomic E-state index is 0.0203. The van der Waals surface area contributed by atoms with Crippen LogP contribution in [0.25, 0.3) is 0 Å². The molecule has 1 atom stereocenters. The van der Waals surface area contributed by atoms with E-state index in [1.165, 1.54) is 14.2 Å². The van der Waals surface area contributed by atoms with Crippen LogP contribution in [-0.2, 0) is 0 Å². The summed E-state index contributed by atoms with van der Waals surface area (Å²) in [5.41, 5.74) is 7.72. The van der Waals surface area contributed by atoms with Crippen LogP contribution in [0, 0.1) is 11.3 Å². The first-order valence-corrected chi connectivity index (χ1v) is 8.42. The molecular weight excluding hydrogens is 364 g/mol. The molecule has 2 aliphatic heterocycles. The fourth-order valence-corrected chi connectivity index (χ4v) is 3.49. The Morgan fingerprint density at radius 2 is 1.82 bits per heavy atom. The molecule has 0 spiro atoms. The Bertz CT molecular complexity index is 1020. The molecule has 0 amide bonds. The summed E-state index contributed by atoms with van der Waals surface area (Å²) in [7, 11) is 4.63. The molecule has 0 radical (unpaired) electrons. The summed E-state index contributed by atoms with van der Waals surface area (Å²) >= 11 is 0. The number of ether oxygens (including phenoxy) is 6. The van der Waals surface area contributed by atoms with E-state index in [9.17, 15) is 5.26 Å². The molecule has 0 bridgehead atoms. The first-order chi connectivity index (χ1) is 13.6. The molecule has 8 nitrogen and oxygen atoms in total. The first-order valence-electron chi connectivity index (χ1n) is 8.42. The zero-order chi connectivity index (χ0) is 19.8. The molecule has 0 fully saturated rings. The second-order valence-corrected chi connectivity index (χ2v) is 6.09. The molecule has 0 aromatic heterocycles. The average molecular weight is 382 g/mol. The Kier molecular flexibility index (Phi) is 4.28. The van der Waals surface area contributed by atoms with Gasteiger partial charge >= 0.3 is 0 Å². The van der Waals surface area contributed by atoms with Gasteiger partial charge in [0.25, 0.3) is 0 Å². The van der Waals surface area contributed by atoms with Gasteiger partial charge in [-0.1, -0.05) is 6.07 Å². The lowest BCUT2D eigenvalue weighted by Crippen LogP contribution is -2.21. The van der Waals surface area contributed by atoms with Crippen LogP contribution in [0.2, 0.25) is 0 Å². The Morgan fingerprint density at radius 3 is 2.50 bits per heavy atom. The van der Waals surface area contributed by atoms with Crippen molar-refractivity contribution in [3.63, 3.8) is 0 Å². The molecule has 2 N–H and O–H groups in total. The van der Waals surface area contributed by atoms with Gasteiger partial charge in [0.15, 0.2) is 11.5 Å². The molecule has 2 aromatic rings. The van der Waals surface area contributed by atoms with E-state index in [1.807, 2.05) is 6.07 Å². The zero-order valence-corrected chi connectivity index (χ0v) is 15.6. The Hall–Kier alpha value is -3.73. The molecular formula is C20H18N2O6. The Balaban J connectivity index is 1.99. The second-order valence-electron chi connectivity index (χ2n) is 6.09. The van der Waals surface area contributed by atoms with Gasteiger partial charge < -0.3 is 34.2 Å². The number of nitriles is 1. The number of benzene rings is 2. The highest BCUT2D eigenvalue weighted by molar-refractivity contribution is 5.69. The van der Waals surface area contributed by atoms with Gasteiger partial charge in [-0.2, -0.15) is 5.26 Å². The average Bonchev–Trinajstić information content (AvgIpc) is 3.20. The third-order valence-electron chi connectivity index (χ3n) is 4.75. The maximum absolute atomic E-state index is 9.78. The highest BCUT2D eigenvalue weighted by Gasteiger charge is 2.37. The SMILES string of the molecule is COc1ccc2c(c1)OC(N)=C(C#N)C2c1cc(OC)c2c(c1OC)OCO2. The number of hydrogen-bond acceptors (Lipinski definition) is 8. The van der Waals surface area contributed by atoms with Crippen LogP contribution in [0.4, 0.5) is 0 Å². The van der Waals surface area contributed by atoms with Crippen LogP contribution < -0.4 is 34.2 Å². The van der Waals surface area contributed by atoms with Crippen molar-refractivity contribution in [3.8, 4) is 40.6 Å². The maximum atomic E-state index is 9.78. The summed E-state index contributed by atoms with van der Waals surface area (Å²) in [6, 6.07) is 9.27. The number of allylic oxidation sites excluding steroid dienone is 1. The van der Waals surface area contributed by atoms with Crippen molar-refractivity contribution in [2.75, 3.05) is 28.1 Å². The molecule has 2 aromatic carbocycles. The van der Waals surface area contributed by atoms with E-state index in [0.29, 0.717) is 40.1 Å². The van der Waals surface area contributed by atoms with Crippen molar-refractivity contribution < 1.29 is 28.4 Å². The van der Waals surface area contributed by atoms with Crippen LogP contribution in [0.5, 0.6) is 34.5 Å². The number of nitrogens with zero attached hydrogens (tertiary/aromatic N) is 1. The largest absolute Gasteiger partial charge is 0.497 e. The predicted molar refractivity (Wildman–Crippen MR) is 98.0 cm³/mol. The van der Waals surface area contributed by atoms with E-state index in [-0.39, 0.29) is 18.2 Å². The molecule has 1 unspecified atom stereocenters. The molecule has 4 rings (SSSR count). The molecule has 0 saturated heterocycles. The number of rotatable bonds is 4. The topological polar surface area (TPSA) is 105 Å². The summed E-state index contributed by atoms with van der Waals surface area (Å²) < 4.78 is 33.2. The molecule has 0 saturated carbocycles. The fraction of sp³-hybridized carbons (Fsp3) is 0.250. The molecule has 2 heterocycles. The van der Waals surface area contributed by atoms with E-state index >= 15 is 0 Å². The third-order valence-corrected chi connectivity index (χ3v) is 4.75. The lowest BCUT2D eigenvalue weighted by Gasteiger charge is -2.28. The summed E-state index contributed by atoms with van der Waals surface area (Å²) in [5.74, 6) is 2.39. The van der Waals surface area contributed by atoms with E-state index in [1.54, 1.807) is 25.3 Å². The van der Waals surface area contributed by atoms with Crippen LogP contribution in [0.3, 0.4) is 0 Å². The standard InChI is InChI=1S/C20H18N2O6/c1-23-10-4-5-11-14(6-10)28-20(22)13(8-21)16(11)12-7-15(24-2)18-19(17(12)25-3)27-9-26-18/h4-7,16H,9,22H2,1-3H3. The monoisotopic (exact) mass is 382 g/mol. The van der Waals surface area contributed by atoms with Gasteiger partial charge in [0.2, 0.25) is 24.2 Å². The summed E-state index contributed by atoms with van der Waals surface area (Å²) in [5, 5.41) is 9.78. The Morgan fingerprint density at radius 1 is 1.04 bits per heavy atom. The minimum atomic E-state index is -0.544. The molecule has 0 aliphatic carbocycles. The minimum Gasteiger partial charge on any atom is -0.497 e. The number of hydrogen-bond donors (Lipinski definition) is 1. The highest BCUT2D eigenvalue weighted by atomic mass is 16.7. The lowest BCUT2D eigenvalue weighted by atomic mass is 9.82. The zero-order valence-electron chi connectivity index (χ0n) is 15.6. The second kappa shape index (κ2) is 6.78. The summed E-state index contributed by atoms with van der Waals surface area (Å²) in [4.78, 5) is 0. The van der Waals surface area contributed by atoms with Crippen LogP contribution in [0.1, 0.15) is 17.0 Å². The van der Waals surface area contributed by atoms with E-state index in [4.69, 9.17) is 34.2 Å². The van der Waals surface area contributed by atoms with Crippen molar-refractivity contribution in [1.82, 2.24) is 0 Å². The van der Waals surface area contributed by atoms with Crippen molar-refractivity contribution in [3.05, 3.63) is 46.8 Å². The van der Waals surface area contributed by atoms with E-state index in [0.717, 1.165) is 5.56 Å². The first kappa shape index (κ1) is 17.7. The van der Waals surface area contributed by atoms with Gasteiger partial charge in [-0.25, -0.2) is 0 Å². The van der Waals surface area contributed by atoms with Crippen LogP contribution in [-0.4, -0.2) is 28.1 Å². The number of fused-ring (bicyclic) bond motifs is 2. The molecule has 144 valence electrons. The molecule has 28 heavy (non-hydrogen) atoms. The molecule has 8 heteroatoms. The highest BCUT2D eigenvalue weighted by Crippen LogP contribution is 2.55. The van der Waals surface area contributed by atoms with Gasteiger partial charge in [-0.15, -0.1) is 0 Å². The number of methoxy groups -OCH3 is 3. The third kappa shape index (κ3) is 2.52. The van der Waals surface area contributed by atoms with Gasteiger partial charge in [0, 0.05) is 17.2 Å². The fourth-order valence-electron chi connectivity index (χ4n) is 3.49. The van der Waals surface area contributed by atoms with Crippen molar-refractivity contribution >= 4 is 0 Å². The van der Waals surface area contributed by atoms with Crippen LogP contribution >= 0.6 is 0 Å². The molecule has 2 aliphatic rings. The van der Waals surface area contributed by atoms with Crippen molar-refractivity contribution in [2.45, 2.75) is 5.92 Å². The van der Waals surface area contributed by atoms with Crippen molar-refractivity contribution in [1.29, 1.82) is 5.26 Å². The van der Waals surface area contributed by atoms with E-state index < -0.39 is 5.92 Å². The smallest absolute Gasteiger partial charge is 0.231 e.